The van der Waals surface area contributed by atoms with E-state index in [4.69, 9.17) is 4.74 Å². The normalized spacial score (nSPS) is 21.5. The van der Waals surface area contributed by atoms with Gasteiger partial charge in [0.25, 0.3) is 0 Å². The Hall–Kier alpha value is -0.410. The second-order valence-electron chi connectivity index (χ2n) is 4.43. The Morgan fingerprint density at radius 1 is 1.47 bits per heavy atom. The van der Waals surface area contributed by atoms with E-state index in [1.165, 1.54) is 0 Å². The molecule has 0 aliphatic carbocycles. The quantitative estimate of drug-likeness (QED) is 0.696. The fourth-order valence-electron chi connectivity index (χ4n) is 2.24. The number of carbonyl (C=O) groups is 1. The van der Waals surface area contributed by atoms with Crippen molar-refractivity contribution < 1.29 is 9.53 Å². The van der Waals surface area contributed by atoms with Crippen molar-refractivity contribution in [2.24, 2.45) is 5.92 Å². The number of hydrogen-bond donors (Lipinski definition) is 0. The van der Waals surface area contributed by atoms with Crippen molar-refractivity contribution >= 4 is 5.78 Å². The minimum atomic E-state index is 0.110. The number of methoxy groups -OCH3 is 1. The molecule has 1 aliphatic heterocycles. The standard InChI is InChI=1S/C12H23NO2/c1-4-12(14)10(2)13-7-5-11(6-8-13)9-15-3/h10-11H,4-9H2,1-3H3. The summed E-state index contributed by atoms with van der Waals surface area (Å²) in [7, 11) is 1.76. The Bertz CT molecular complexity index is 198. The number of nitrogens with zero attached hydrogens (tertiary/aromatic N) is 1. The van der Waals surface area contributed by atoms with Gasteiger partial charge in [0, 0.05) is 20.1 Å². The second-order valence-corrected chi connectivity index (χ2v) is 4.43. The van der Waals surface area contributed by atoms with Crippen LogP contribution in [0.4, 0.5) is 0 Å². The van der Waals surface area contributed by atoms with Gasteiger partial charge in [0.15, 0.2) is 0 Å². The van der Waals surface area contributed by atoms with Crippen LogP contribution in [0.15, 0.2) is 0 Å². The molecule has 0 aromatic heterocycles. The van der Waals surface area contributed by atoms with Gasteiger partial charge < -0.3 is 4.74 Å². The van der Waals surface area contributed by atoms with E-state index in [1.54, 1.807) is 7.11 Å². The van der Waals surface area contributed by atoms with E-state index in [0.29, 0.717) is 18.1 Å². The molecule has 0 bridgehead atoms. The largest absolute Gasteiger partial charge is 0.384 e. The molecule has 1 rings (SSSR count). The molecule has 1 heterocycles. The van der Waals surface area contributed by atoms with Crippen LogP contribution in [-0.2, 0) is 9.53 Å². The van der Waals surface area contributed by atoms with Crippen LogP contribution in [0.3, 0.4) is 0 Å². The van der Waals surface area contributed by atoms with E-state index >= 15 is 0 Å². The van der Waals surface area contributed by atoms with Gasteiger partial charge in [0.2, 0.25) is 0 Å². The van der Waals surface area contributed by atoms with Gasteiger partial charge in [-0.3, -0.25) is 9.69 Å². The molecule has 1 aliphatic rings. The molecule has 0 spiro atoms. The van der Waals surface area contributed by atoms with Gasteiger partial charge in [-0.2, -0.15) is 0 Å². The Kier molecular flexibility index (Phi) is 5.26. The average molecular weight is 213 g/mol. The lowest BCUT2D eigenvalue weighted by Crippen LogP contribution is -2.44. The van der Waals surface area contributed by atoms with E-state index in [2.05, 4.69) is 4.90 Å². The number of ketones is 1. The zero-order valence-corrected chi connectivity index (χ0v) is 10.2. The molecule has 1 unspecified atom stereocenters. The predicted molar refractivity (Wildman–Crippen MR) is 60.9 cm³/mol. The molecule has 1 saturated heterocycles. The molecule has 0 N–H and O–H groups in total. The number of rotatable bonds is 5. The molecule has 3 heteroatoms. The number of Topliss-reactive ketones (excluding diaryl/α,β-unsaturated/α-hetero) is 1. The molecular formula is C12H23NO2. The number of hydrogen-bond acceptors (Lipinski definition) is 3. The molecule has 3 nitrogen and oxygen atoms in total. The number of carbonyl (C=O) groups excluding carboxylic acids is 1. The molecule has 0 amide bonds. The van der Waals surface area contributed by atoms with E-state index in [9.17, 15) is 4.79 Å². The van der Waals surface area contributed by atoms with E-state index < -0.39 is 0 Å². The van der Waals surface area contributed by atoms with Crippen LogP contribution >= 0.6 is 0 Å². The van der Waals surface area contributed by atoms with Crippen LogP contribution in [0.5, 0.6) is 0 Å². The van der Waals surface area contributed by atoms with Crippen LogP contribution in [0, 0.1) is 5.92 Å². The molecule has 1 atom stereocenters. The van der Waals surface area contributed by atoms with Crippen molar-refractivity contribution in [2.75, 3.05) is 26.8 Å². The molecule has 0 radical (unpaired) electrons. The zero-order chi connectivity index (χ0) is 11.3. The van der Waals surface area contributed by atoms with Crippen molar-refractivity contribution in [1.29, 1.82) is 0 Å². The molecule has 0 saturated carbocycles. The summed E-state index contributed by atoms with van der Waals surface area (Å²) >= 11 is 0. The topological polar surface area (TPSA) is 29.5 Å². The van der Waals surface area contributed by atoms with Crippen LogP contribution in [0.1, 0.15) is 33.1 Å². The second kappa shape index (κ2) is 6.23. The molecule has 0 aromatic carbocycles. The van der Waals surface area contributed by atoms with E-state index in [0.717, 1.165) is 32.5 Å². The third-order valence-corrected chi connectivity index (χ3v) is 3.41. The number of piperidine rings is 1. The van der Waals surface area contributed by atoms with E-state index in [-0.39, 0.29) is 6.04 Å². The third kappa shape index (κ3) is 3.58. The average Bonchev–Trinajstić information content (AvgIpc) is 2.28. The fraction of sp³-hybridized carbons (Fsp3) is 0.917. The first-order chi connectivity index (χ1) is 7.19. The first kappa shape index (κ1) is 12.7. The lowest BCUT2D eigenvalue weighted by Gasteiger charge is -2.35. The van der Waals surface area contributed by atoms with Gasteiger partial charge in [0.1, 0.15) is 5.78 Å². The highest BCUT2D eigenvalue weighted by Crippen LogP contribution is 2.19. The van der Waals surface area contributed by atoms with Gasteiger partial charge in [-0.05, 0) is 38.8 Å². The Balaban J connectivity index is 2.33. The molecule has 88 valence electrons. The SMILES string of the molecule is CCC(=O)C(C)N1CCC(COC)CC1. The smallest absolute Gasteiger partial charge is 0.149 e. The molecule has 1 fully saturated rings. The van der Waals surface area contributed by atoms with Gasteiger partial charge in [-0.15, -0.1) is 0 Å². The summed E-state index contributed by atoms with van der Waals surface area (Å²) in [6.45, 7) is 6.92. The number of likely N-dealkylation sites (tertiary alicyclic amines) is 1. The number of ether oxygens (including phenoxy) is 1. The van der Waals surface area contributed by atoms with Crippen molar-refractivity contribution in [3.63, 3.8) is 0 Å². The minimum Gasteiger partial charge on any atom is -0.384 e. The molecule has 15 heavy (non-hydrogen) atoms. The summed E-state index contributed by atoms with van der Waals surface area (Å²) in [5, 5.41) is 0. The van der Waals surface area contributed by atoms with Gasteiger partial charge in [-0.25, -0.2) is 0 Å². The predicted octanol–water partition coefficient (Wildman–Crippen LogP) is 1.71. The van der Waals surface area contributed by atoms with E-state index in [1.807, 2.05) is 13.8 Å². The monoisotopic (exact) mass is 213 g/mol. The van der Waals surface area contributed by atoms with Gasteiger partial charge in [-0.1, -0.05) is 6.92 Å². The maximum Gasteiger partial charge on any atom is 0.149 e. The summed E-state index contributed by atoms with van der Waals surface area (Å²) in [5.74, 6) is 1.05. The Labute approximate surface area is 92.8 Å². The Morgan fingerprint density at radius 3 is 2.53 bits per heavy atom. The van der Waals surface area contributed by atoms with Crippen LogP contribution < -0.4 is 0 Å². The van der Waals surface area contributed by atoms with Crippen molar-refractivity contribution in [3.8, 4) is 0 Å². The minimum absolute atomic E-state index is 0.110. The summed E-state index contributed by atoms with van der Waals surface area (Å²) in [6, 6.07) is 0.110. The Morgan fingerprint density at radius 2 is 2.07 bits per heavy atom. The summed E-state index contributed by atoms with van der Waals surface area (Å²) in [4.78, 5) is 13.9. The van der Waals surface area contributed by atoms with Crippen molar-refractivity contribution in [3.05, 3.63) is 0 Å². The van der Waals surface area contributed by atoms with Crippen molar-refractivity contribution in [2.45, 2.75) is 39.2 Å². The molecular weight excluding hydrogens is 190 g/mol. The highest BCUT2D eigenvalue weighted by molar-refractivity contribution is 5.83. The lowest BCUT2D eigenvalue weighted by molar-refractivity contribution is -0.124. The van der Waals surface area contributed by atoms with Gasteiger partial charge >= 0.3 is 0 Å². The highest BCUT2D eigenvalue weighted by atomic mass is 16.5. The van der Waals surface area contributed by atoms with Crippen LogP contribution in [0.25, 0.3) is 0 Å². The summed E-state index contributed by atoms with van der Waals surface area (Å²) in [6.07, 6.45) is 2.98. The molecule has 0 aromatic rings. The first-order valence-corrected chi connectivity index (χ1v) is 5.94. The summed E-state index contributed by atoms with van der Waals surface area (Å²) in [5.41, 5.74) is 0. The van der Waals surface area contributed by atoms with Crippen molar-refractivity contribution in [1.82, 2.24) is 4.90 Å². The zero-order valence-electron chi connectivity index (χ0n) is 10.2. The maximum absolute atomic E-state index is 11.6. The fourth-order valence-corrected chi connectivity index (χ4v) is 2.24. The summed E-state index contributed by atoms with van der Waals surface area (Å²) < 4.78 is 5.16. The lowest BCUT2D eigenvalue weighted by atomic mass is 9.96. The first-order valence-electron chi connectivity index (χ1n) is 5.94. The van der Waals surface area contributed by atoms with Gasteiger partial charge in [0.05, 0.1) is 6.04 Å². The van der Waals surface area contributed by atoms with Crippen LogP contribution in [0.2, 0.25) is 0 Å². The third-order valence-electron chi connectivity index (χ3n) is 3.41. The highest BCUT2D eigenvalue weighted by Gasteiger charge is 2.25. The van der Waals surface area contributed by atoms with Crippen LogP contribution in [-0.4, -0.2) is 43.5 Å². The maximum atomic E-state index is 11.6.